The van der Waals surface area contributed by atoms with E-state index in [0.717, 1.165) is 21.3 Å². The molecule has 0 radical (unpaired) electrons. The van der Waals surface area contributed by atoms with Gasteiger partial charge in [-0.05, 0) is 0 Å². The van der Waals surface area contributed by atoms with Crippen LogP contribution in [0.4, 0.5) is 17.6 Å². The van der Waals surface area contributed by atoms with Gasteiger partial charge in [-0.15, -0.1) is 0 Å². The van der Waals surface area contributed by atoms with E-state index < -0.39 is 64.0 Å². The second-order valence-electron chi connectivity index (χ2n) is 5.05. The van der Waals surface area contributed by atoms with Crippen LogP contribution in [0.25, 0.3) is 5.76 Å². The van der Waals surface area contributed by atoms with Crippen LogP contribution in [-0.4, -0.2) is 61.0 Å². The summed E-state index contributed by atoms with van der Waals surface area (Å²) in [4.78, 5) is 50.4. The number of hydrogen-bond acceptors (Lipinski definition) is 9. The van der Waals surface area contributed by atoms with E-state index in [2.05, 4.69) is 21.1 Å². The number of hydrogen-bond donors (Lipinski definition) is 2. The lowest BCUT2D eigenvalue weighted by molar-refractivity contribution is -0.164. The molecule has 1 aromatic carbocycles. The molecule has 10 nitrogen and oxygen atoms in total. The van der Waals surface area contributed by atoms with Crippen LogP contribution in [0.3, 0.4) is 0 Å². The second kappa shape index (κ2) is 14.0. The molecule has 1 aromatic rings. The Morgan fingerprint density at radius 1 is 0.812 bits per heavy atom. The van der Waals surface area contributed by atoms with Crippen molar-refractivity contribution in [2.75, 3.05) is 21.3 Å². The van der Waals surface area contributed by atoms with Crippen LogP contribution in [0.1, 0.15) is 12.5 Å². The third kappa shape index (κ3) is 9.15. The molecule has 1 rings (SSSR count). The Morgan fingerprint density at radius 2 is 1.16 bits per heavy atom. The Kier molecular flexibility index (Phi) is 13.2. The van der Waals surface area contributed by atoms with Crippen molar-refractivity contribution in [1.82, 2.24) is 0 Å². The third-order valence-corrected chi connectivity index (χ3v) is 2.70. The highest BCUT2D eigenvalue weighted by Crippen LogP contribution is 2.32. The van der Waals surface area contributed by atoms with Gasteiger partial charge < -0.3 is 24.4 Å². The van der Waals surface area contributed by atoms with E-state index in [4.69, 9.17) is 5.11 Å². The first kappa shape index (κ1) is 30.1. The van der Waals surface area contributed by atoms with Gasteiger partial charge in [-0.2, -0.15) is 8.78 Å². The summed E-state index contributed by atoms with van der Waals surface area (Å²) < 4.78 is 65.6. The number of ether oxygens (including phenoxy) is 3. The average molecular weight is 469 g/mol. The molecule has 0 aliphatic heterocycles. The molecule has 0 heterocycles. The molecule has 0 aromatic heterocycles. The second-order valence-corrected chi connectivity index (χ2v) is 5.05. The first-order valence-corrected chi connectivity index (χ1v) is 7.74. The van der Waals surface area contributed by atoms with Crippen LogP contribution in [0, 0.1) is 30.2 Å². The molecule has 0 atom stereocenters. The van der Waals surface area contributed by atoms with Crippen LogP contribution in [-0.2, 0) is 33.4 Å². The number of carbonyl (C=O) groups is 5. The van der Waals surface area contributed by atoms with Gasteiger partial charge in [0, 0.05) is 13.0 Å². The number of rotatable bonds is 4. The van der Waals surface area contributed by atoms with Gasteiger partial charge in [-0.1, -0.05) is 0 Å². The van der Waals surface area contributed by atoms with Crippen molar-refractivity contribution in [3.63, 3.8) is 0 Å². The smallest absolute Gasteiger partial charge is 0.417 e. The monoisotopic (exact) mass is 469 g/mol. The number of aliphatic hydroxyl groups excluding tert-OH is 1. The topological polar surface area (TPSA) is 154 Å². The number of methoxy groups -OCH3 is 3. The van der Waals surface area contributed by atoms with Crippen LogP contribution < -0.4 is 4.74 Å². The Balaban J connectivity index is 0. The maximum atomic E-state index is 13.5. The molecule has 0 unspecified atom stereocenters. The van der Waals surface area contributed by atoms with E-state index in [9.17, 15) is 46.6 Å². The molecule has 0 amide bonds. The fraction of sp³-hybridized carbons (Fsp3) is 0.222. The fourth-order valence-corrected chi connectivity index (χ4v) is 1.44. The number of ketones is 2. The van der Waals surface area contributed by atoms with Gasteiger partial charge >= 0.3 is 17.9 Å². The number of benzene rings is 1. The molecule has 0 saturated heterocycles. The Bertz CT molecular complexity index is 878. The summed E-state index contributed by atoms with van der Waals surface area (Å²) in [6.45, 7) is 4.42. The van der Waals surface area contributed by atoms with Gasteiger partial charge in [0.25, 0.3) is 11.6 Å². The van der Waals surface area contributed by atoms with Gasteiger partial charge in [0.05, 0.1) is 26.9 Å². The zero-order valence-corrected chi connectivity index (χ0v) is 17.0. The molecule has 0 saturated carbocycles. The van der Waals surface area contributed by atoms with Crippen molar-refractivity contribution in [2.45, 2.75) is 6.92 Å². The van der Waals surface area contributed by atoms with E-state index >= 15 is 0 Å². The minimum atomic E-state index is -2.04. The highest BCUT2D eigenvalue weighted by Gasteiger charge is 2.28. The lowest BCUT2D eigenvalue weighted by Gasteiger charge is -2.10. The summed E-state index contributed by atoms with van der Waals surface area (Å²) in [6.07, 6.45) is -0.0881. The summed E-state index contributed by atoms with van der Waals surface area (Å²) in [6, 6.07) is 0. The molecular formula is C18H17F4O10+. The predicted molar refractivity (Wildman–Crippen MR) is 96.1 cm³/mol. The van der Waals surface area contributed by atoms with E-state index in [1.807, 2.05) is 0 Å². The van der Waals surface area contributed by atoms with E-state index in [-0.39, 0.29) is 11.9 Å². The lowest BCUT2D eigenvalue weighted by atomic mass is 10.1. The minimum absolute atomic E-state index is 0.0833. The number of carboxylic acids is 1. The molecule has 176 valence electrons. The van der Waals surface area contributed by atoms with Crippen LogP contribution >= 0.6 is 0 Å². The predicted octanol–water partition coefficient (Wildman–Crippen LogP) is 1.55. The quantitative estimate of drug-likeness (QED) is 0.126. The van der Waals surface area contributed by atoms with Gasteiger partial charge in [0.2, 0.25) is 11.6 Å². The van der Waals surface area contributed by atoms with Crippen molar-refractivity contribution >= 4 is 35.2 Å². The number of aliphatic hydroxyl groups is 1. The summed E-state index contributed by atoms with van der Waals surface area (Å²) in [5, 5.41) is 17.5. The van der Waals surface area contributed by atoms with Crippen molar-refractivity contribution < 1.29 is 66.0 Å². The third-order valence-electron chi connectivity index (χ3n) is 2.70. The fourth-order valence-electron chi connectivity index (χ4n) is 1.44. The van der Waals surface area contributed by atoms with Crippen molar-refractivity contribution in [3.8, 4) is 5.75 Å². The maximum Gasteiger partial charge on any atom is 0.417 e. The normalized spacial score (nSPS) is 9.81. The van der Waals surface area contributed by atoms with Gasteiger partial charge in [0.1, 0.15) is 12.7 Å². The SMILES string of the molecule is COC(=O)C(=O)OC.COc1c(F)c(F)c(C(O)=CC(=O)C(=O)O)c(F)c1F.[CH2+]C(C)=O. The van der Waals surface area contributed by atoms with Crippen LogP contribution in [0.2, 0.25) is 0 Å². The average Bonchev–Trinajstić information content (AvgIpc) is 2.71. The van der Waals surface area contributed by atoms with Gasteiger partial charge in [0.15, 0.2) is 17.4 Å². The number of aliphatic carboxylic acids is 1. The van der Waals surface area contributed by atoms with E-state index in [1.54, 1.807) is 0 Å². The Hall–Kier alpha value is -4.10. The maximum absolute atomic E-state index is 13.5. The first-order valence-electron chi connectivity index (χ1n) is 7.74. The molecule has 0 spiro atoms. The van der Waals surface area contributed by atoms with E-state index in [1.165, 1.54) is 6.92 Å². The highest BCUT2D eigenvalue weighted by atomic mass is 19.2. The molecule has 0 fully saturated rings. The Morgan fingerprint density at radius 3 is 1.41 bits per heavy atom. The molecule has 0 aliphatic rings. The molecular weight excluding hydrogens is 452 g/mol. The zero-order chi connectivity index (χ0) is 25.8. The summed E-state index contributed by atoms with van der Waals surface area (Å²) in [5.41, 5.74) is -1.62. The highest BCUT2D eigenvalue weighted by molar-refractivity contribution is 6.38. The number of Topliss-reactive ketones (excluding diaryl/α,β-unsaturated/α-hetero) is 1. The standard InChI is InChI=1S/C11H6F4O5.C4H6O4.C3H5O/c1-20-10-8(14)6(12)5(7(13)9(10)15)3(16)2-4(17)11(18)19;1-7-3(5)4(6)8-2;1-3(2)4/h2,16H,1H3,(H,18,19);1-2H3;1H2,2H3/q;;+1. The van der Waals surface area contributed by atoms with Gasteiger partial charge in [-0.3, -0.25) is 4.79 Å². The zero-order valence-electron chi connectivity index (χ0n) is 17.0. The summed E-state index contributed by atoms with van der Waals surface area (Å²) >= 11 is 0. The van der Waals surface area contributed by atoms with Crippen LogP contribution in [0.15, 0.2) is 6.08 Å². The summed E-state index contributed by atoms with van der Waals surface area (Å²) in [7, 11) is 2.97. The first-order chi connectivity index (χ1) is 14.7. The minimum Gasteiger partial charge on any atom is -0.507 e. The largest absolute Gasteiger partial charge is 0.507 e. The van der Waals surface area contributed by atoms with Crippen LogP contribution in [0.5, 0.6) is 5.75 Å². The number of esters is 2. The number of halogens is 4. The molecule has 32 heavy (non-hydrogen) atoms. The molecule has 0 aliphatic carbocycles. The van der Waals surface area contributed by atoms with Crippen molar-refractivity contribution in [3.05, 3.63) is 41.8 Å². The van der Waals surface area contributed by atoms with E-state index in [0.29, 0.717) is 0 Å². The number of carboxylic acid groups (broad SMARTS) is 1. The molecule has 14 heteroatoms. The van der Waals surface area contributed by atoms with Crippen molar-refractivity contribution in [1.29, 1.82) is 0 Å². The van der Waals surface area contributed by atoms with Crippen molar-refractivity contribution in [2.24, 2.45) is 0 Å². The Labute approximate surface area is 178 Å². The number of carbonyl (C=O) groups excluding carboxylic acids is 4. The molecule has 2 N–H and O–H groups in total. The van der Waals surface area contributed by atoms with Gasteiger partial charge in [-0.25, -0.2) is 28.0 Å². The summed E-state index contributed by atoms with van der Waals surface area (Å²) in [5.74, 6) is -16.7. The molecule has 0 bridgehead atoms. The lowest BCUT2D eigenvalue weighted by Crippen LogP contribution is -2.16.